The van der Waals surface area contributed by atoms with Crippen LogP contribution >= 0.6 is 0 Å². The van der Waals surface area contributed by atoms with Crippen LogP contribution in [0.4, 0.5) is 0 Å². The van der Waals surface area contributed by atoms with Crippen LogP contribution < -0.4 is 21.3 Å². The Morgan fingerprint density at radius 3 is 1.75 bits per heavy atom. The number of nitrogens with one attached hydrogen (secondary N) is 4. The number of ether oxygens (including phenoxy) is 1. The van der Waals surface area contributed by atoms with E-state index in [9.17, 15) is 33.6 Å². The van der Waals surface area contributed by atoms with Gasteiger partial charge in [0.15, 0.2) is 0 Å². The Balaban J connectivity index is 2.23. The fourth-order valence-electron chi connectivity index (χ4n) is 7.07. The van der Waals surface area contributed by atoms with Crippen LogP contribution in [0.2, 0.25) is 0 Å². The molecule has 8 atom stereocenters. The molecule has 0 aliphatic carbocycles. The van der Waals surface area contributed by atoms with Crippen molar-refractivity contribution in [2.45, 2.75) is 156 Å². The van der Waals surface area contributed by atoms with Gasteiger partial charge in [0, 0.05) is 19.5 Å². The summed E-state index contributed by atoms with van der Waals surface area (Å²) in [5, 5.41) is 11.4. The number of hydrogen-bond donors (Lipinski definition) is 4. The summed E-state index contributed by atoms with van der Waals surface area (Å²) in [5.74, 6) is -2.00. The summed E-state index contributed by atoms with van der Waals surface area (Å²) in [5.41, 5.74) is 0. The molecule has 0 saturated carbocycles. The molecule has 314 valence electrons. The number of likely N-dealkylation sites (tertiary alicyclic amines) is 2. The van der Waals surface area contributed by atoms with E-state index in [2.05, 4.69) is 27.2 Å². The molecule has 2 aliphatic rings. The van der Waals surface area contributed by atoms with E-state index in [1.807, 2.05) is 27.7 Å². The first kappa shape index (κ1) is 47.7. The third-order valence-electron chi connectivity index (χ3n) is 10.9. The molecule has 4 N–H and O–H groups in total. The van der Waals surface area contributed by atoms with Crippen molar-refractivity contribution in [2.75, 3.05) is 19.7 Å². The molecule has 2 aliphatic heterocycles. The van der Waals surface area contributed by atoms with Crippen molar-refractivity contribution >= 4 is 41.4 Å². The van der Waals surface area contributed by atoms with Gasteiger partial charge in [0.1, 0.15) is 36.3 Å². The Labute approximate surface area is 334 Å². The van der Waals surface area contributed by atoms with Crippen molar-refractivity contribution in [3.05, 3.63) is 12.2 Å². The third kappa shape index (κ3) is 13.4. The fraction of sp³-hybridized carbons (Fsp3) is 0.738. The minimum absolute atomic E-state index is 0.206. The lowest BCUT2D eigenvalue weighted by Crippen LogP contribution is -2.62. The van der Waals surface area contributed by atoms with Gasteiger partial charge >= 0.3 is 5.97 Å². The normalized spacial score (nSPS) is 20.1. The first-order valence-electron chi connectivity index (χ1n) is 20.6. The number of esters is 1. The molecule has 0 aromatic heterocycles. The molecule has 6 amide bonds. The molecule has 14 nitrogen and oxygen atoms in total. The Hall–Kier alpha value is -4.41. The maximum absolute atomic E-state index is 14.1. The molecule has 0 aromatic carbocycles. The van der Waals surface area contributed by atoms with Crippen molar-refractivity contribution in [2.24, 2.45) is 23.7 Å². The molecular formula is C42H68N6O8. The number of nitrogens with zero attached hydrogens (tertiary/aromatic N) is 2. The number of carbonyl (C=O) groups is 7. The molecule has 2 saturated heterocycles. The zero-order valence-corrected chi connectivity index (χ0v) is 35.2. The Morgan fingerprint density at radius 2 is 1.21 bits per heavy atom. The highest BCUT2D eigenvalue weighted by Gasteiger charge is 2.45. The summed E-state index contributed by atoms with van der Waals surface area (Å²) in [6.07, 6.45) is 13.7. The highest BCUT2D eigenvalue weighted by molar-refractivity contribution is 5.98. The summed E-state index contributed by atoms with van der Waals surface area (Å²) < 4.78 is 5.20. The molecular weight excluding hydrogens is 716 g/mol. The highest BCUT2D eigenvalue weighted by atomic mass is 16.5. The van der Waals surface area contributed by atoms with E-state index in [1.165, 1.54) is 15.9 Å². The lowest BCUT2D eigenvalue weighted by molar-refractivity contribution is -0.155. The number of terminal acetylenes is 1. The molecule has 14 heteroatoms. The Bertz CT molecular complexity index is 1440. The number of rotatable bonds is 21. The molecule has 0 aromatic rings. The van der Waals surface area contributed by atoms with Gasteiger partial charge in [-0.25, -0.2) is 4.79 Å². The topological polar surface area (TPSA) is 183 Å². The van der Waals surface area contributed by atoms with Gasteiger partial charge in [0.05, 0.1) is 6.61 Å². The van der Waals surface area contributed by atoms with Gasteiger partial charge in [-0.15, -0.1) is 12.3 Å². The molecule has 0 bridgehead atoms. The summed E-state index contributed by atoms with van der Waals surface area (Å²) in [4.78, 5) is 98.0. The van der Waals surface area contributed by atoms with E-state index in [0.29, 0.717) is 64.5 Å². The average Bonchev–Trinajstić information content (AvgIpc) is 3.87. The van der Waals surface area contributed by atoms with E-state index in [4.69, 9.17) is 11.2 Å². The monoisotopic (exact) mass is 785 g/mol. The predicted octanol–water partition coefficient (Wildman–Crippen LogP) is 3.23. The molecule has 56 heavy (non-hydrogen) atoms. The maximum atomic E-state index is 14.1. The number of amides is 6. The van der Waals surface area contributed by atoms with E-state index in [1.54, 1.807) is 40.7 Å². The van der Waals surface area contributed by atoms with Crippen LogP contribution in [0.5, 0.6) is 0 Å². The standard InChI is InChI=1S/C42H68N6O8/c1-11-15-16-17-18-23-32(49)43-35(28(9)12-2)38(51)46-36(29(10)13-3)39(52)44-33(26(5)6)37(50)45-34(27(7)8)41(54)47-24-19-21-30(47)40(53)48-25-20-22-31(48)42(55)56-14-4/h1,18,23,26-31,33-36H,12-17,19-22,24-25H2,2-10H3,(H,43,49)(H,44,52)(H,45,50)(H,46,51)/b23-18+/t28-,29-,30-,31-,33-,34-,35-,36-/m0/s1. The Kier molecular flexibility index (Phi) is 20.1. The fourth-order valence-corrected chi connectivity index (χ4v) is 7.07. The number of carbonyl (C=O) groups excluding carboxylic acids is 7. The minimum atomic E-state index is -1.06. The lowest BCUT2D eigenvalue weighted by Gasteiger charge is -2.34. The number of allylic oxidation sites excluding steroid dienone is 1. The summed E-state index contributed by atoms with van der Waals surface area (Å²) in [6, 6.07) is -5.44. The zero-order chi connectivity index (χ0) is 42.1. The molecule has 0 unspecified atom stereocenters. The van der Waals surface area contributed by atoms with Gasteiger partial charge < -0.3 is 35.8 Å². The van der Waals surface area contributed by atoms with E-state index < -0.39 is 77.7 Å². The minimum Gasteiger partial charge on any atom is -0.464 e. The lowest BCUT2D eigenvalue weighted by atomic mass is 9.94. The summed E-state index contributed by atoms with van der Waals surface area (Å²) in [7, 11) is 0. The van der Waals surface area contributed by atoms with Gasteiger partial charge in [-0.05, 0) is 75.2 Å². The average molecular weight is 785 g/mol. The smallest absolute Gasteiger partial charge is 0.328 e. The zero-order valence-electron chi connectivity index (χ0n) is 35.2. The van der Waals surface area contributed by atoms with Gasteiger partial charge in [-0.1, -0.05) is 74.3 Å². The second-order valence-corrected chi connectivity index (χ2v) is 15.8. The van der Waals surface area contributed by atoms with Crippen molar-refractivity contribution < 1.29 is 38.3 Å². The first-order chi connectivity index (χ1) is 26.5. The second-order valence-electron chi connectivity index (χ2n) is 15.8. The van der Waals surface area contributed by atoms with Crippen molar-refractivity contribution in [1.82, 2.24) is 31.1 Å². The largest absolute Gasteiger partial charge is 0.464 e. The SMILES string of the molecule is C#CCCC/C=C/C(=O)N[C@H](C(=O)N[C@H](C(=O)N[C@H](C(=O)N[C@H](C(=O)N1CCC[C@H]1C(=O)N1CCC[C@H]1C(=O)OCC)C(C)C)C(C)C)[C@@H](C)CC)[C@@H](C)CC. The second kappa shape index (κ2) is 23.6. The summed E-state index contributed by atoms with van der Waals surface area (Å²) in [6.45, 7) is 17.2. The molecule has 0 spiro atoms. The quantitative estimate of drug-likeness (QED) is 0.0592. The summed E-state index contributed by atoms with van der Waals surface area (Å²) >= 11 is 0. The third-order valence-corrected chi connectivity index (χ3v) is 10.9. The molecule has 0 radical (unpaired) electrons. The predicted molar refractivity (Wildman–Crippen MR) is 214 cm³/mol. The van der Waals surface area contributed by atoms with Gasteiger partial charge in [-0.2, -0.15) is 0 Å². The van der Waals surface area contributed by atoms with Crippen molar-refractivity contribution in [1.29, 1.82) is 0 Å². The van der Waals surface area contributed by atoms with E-state index in [0.717, 1.165) is 6.42 Å². The first-order valence-corrected chi connectivity index (χ1v) is 20.6. The Morgan fingerprint density at radius 1 is 0.714 bits per heavy atom. The van der Waals surface area contributed by atoms with Gasteiger partial charge in [0.2, 0.25) is 35.4 Å². The van der Waals surface area contributed by atoms with Crippen LogP contribution in [0, 0.1) is 36.0 Å². The number of unbranched alkanes of at least 4 members (excludes halogenated alkanes) is 2. The van der Waals surface area contributed by atoms with Crippen LogP contribution in [0.15, 0.2) is 12.2 Å². The van der Waals surface area contributed by atoms with E-state index in [-0.39, 0.29) is 30.3 Å². The van der Waals surface area contributed by atoms with Crippen molar-refractivity contribution in [3.8, 4) is 12.3 Å². The number of hydrogen-bond acceptors (Lipinski definition) is 8. The van der Waals surface area contributed by atoms with Crippen LogP contribution in [0.3, 0.4) is 0 Å². The van der Waals surface area contributed by atoms with Crippen LogP contribution in [-0.4, -0.2) is 107 Å². The van der Waals surface area contributed by atoms with Crippen LogP contribution in [0.1, 0.15) is 120 Å². The molecule has 2 fully saturated rings. The highest BCUT2D eigenvalue weighted by Crippen LogP contribution is 2.27. The maximum Gasteiger partial charge on any atom is 0.328 e. The molecule has 2 rings (SSSR count). The van der Waals surface area contributed by atoms with Crippen LogP contribution in [0.25, 0.3) is 0 Å². The van der Waals surface area contributed by atoms with Crippen molar-refractivity contribution in [3.63, 3.8) is 0 Å². The van der Waals surface area contributed by atoms with Gasteiger partial charge in [0.25, 0.3) is 0 Å². The van der Waals surface area contributed by atoms with Crippen LogP contribution in [-0.2, 0) is 38.3 Å². The van der Waals surface area contributed by atoms with Gasteiger partial charge in [-0.3, -0.25) is 28.8 Å². The molecule has 2 heterocycles. The van der Waals surface area contributed by atoms with E-state index >= 15 is 0 Å².